The molecule has 8 atom stereocenters. The molecule has 0 aliphatic heterocycles. The molecule has 3 saturated carbocycles. The number of terminal acetylenes is 1. The molecule has 4 N–H and O–H groups in total. The van der Waals surface area contributed by atoms with Crippen molar-refractivity contribution < 1.29 is 29.7 Å². The van der Waals surface area contributed by atoms with E-state index in [-0.39, 0.29) is 10.8 Å². The van der Waals surface area contributed by atoms with Gasteiger partial charge in [0.25, 0.3) is 5.91 Å². The zero-order chi connectivity index (χ0) is 28.7. The Balaban J connectivity index is 1.21. The summed E-state index contributed by atoms with van der Waals surface area (Å²) in [7, 11) is 0. The third kappa shape index (κ3) is 4.73. The smallest absolute Gasteiger partial charge is 0.329 e. The summed E-state index contributed by atoms with van der Waals surface area (Å²) in [5.74, 6) is 2.27. The first-order valence-electron chi connectivity index (χ1n) is 14.4. The lowest BCUT2D eigenvalue weighted by Gasteiger charge is -2.58. The first-order valence-corrected chi connectivity index (χ1v) is 14.4. The molecule has 4 aliphatic rings. The monoisotopic (exact) mass is 548 g/mol. The molecule has 8 heteroatoms. The Morgan fingerprint density at radius 1 is 1.12 bits per heavy atom. The Kier molecular flexibility index (Phi) is 7.58. The van der Waals surface area contributed by atoms with Gasteiger partial charge in [0.15, 0.2) is 12.6 Å². The van der Waals surface area contributed by atoms with Gasteiger partial charge in [0.05, 0.1) is 5.71 Å². The maximum Gasteiger partial charge on any atom is 0.329 e. The summed E-state index contributed by atoms with van der Waals surface area (Å²) in [6.45, 7) is 4.13. The van der Waals surface area contributed by atoms with Gasteiger partial charge in [0, 0.05) is 5.41 Å². The van der Waals surface area contributed by atoms with Gasteiger partial charge in [-0.1, -0.05) is 60.8 Å². The lowest BCUT2D eigenvalue weighted by molar-refractivity contribution is -0.146. The van der Waals surface area contributed by atoms with Crippen molar-refractivity contribution >= 4 is 17.6 Å². The zero-order valence-electron chi connectivity index (χ0n) is 23.3. The number of hydrogen-bond donors (Lipinski definition) is 4. The van der Waals surface area contributed by atoms with E-state index in [9.17, 15) is 24.9 Å². The van der Waals surface area contributed by atoms with Crippen molar-refractivity contribution in [1.82, 2.24) is 5.32 Å². The fourth-order valence-corrected chi connectivity index (χ4v) is 8.40. The second-order valence-corrected chi connectivity index (χ2v) is 12.6. The number of amides is 1. The largest absolute Gasteiger partial charge is 0.480 e. The van der Waals surface area contributed by atoms with E-state index in [2.05, 4.69) is 36.3 Å². The molecule has 3 fully saturated rings. The Labute approximate surface area is 235 Å². The van der Waals surface area contributed by atoms with Crippen LogP contribution >= 0.6 is 0 Å². The molecule has 40 heavy (non-hydrogen) atoms. The maximum atomic E-state index is 12.4. The van der Waals surface area contributed by atoms with Crippen molar-refractivity contribution in [2.75, 3.05) is 6.61 Å². The Hall–Kier alpha value is -3.15. The third-order valence-corrected chi connectivity index (χ3v) is 10.8. The summed E-state index contributed by atoms with van der Waals surface area (Å²) >= 11 is 0. The molecule has 4 aliphatic carbocycles. The Morgan fingerprint density at radius 2 is 1.85 bits per heavy atom. The first-order chi connectivity index (χ1) is 19.0. The number of nitrogens with zero attached hydrogens (tertiary/aromatic N) is 1. The van der Waals surface area contributed by atoms with E-state index in [0.29, 0.717) is 29.7 Å². The van der Waals surface area contributed by atoms with Crippen LogP contribution in [0.15, 0.2) is 47.1 Å². The number of carbonyl (C=O) groups excluding carboxylic acids is 1. The van der Waals surface area contributed by atoms with Crippen LogP contribution in [0, 0.1) is 40.9 Å². The van der Waals surface area contributed by atoms with Gasteiger partial charge in [-0.3, -0.25) is 4.79 Å². The van der Waals surface area contributed by atoms with Gasteiger partial charge in [-0.2, -0.15) is 0 Å². The number of rotatable bonds is 7. The van der Waals surface area contributed by atoms with E-state index in [0.717, 1.165) is 50.7 Å². The number of benzene rings is 1. The number of aliphatic hydroxyl groups excluding tert-OH is 1. The lowest BCUT2D eigenvalue weighted by Crippen LogP contribution is -2.54. The number of allylic oxidation sites excluding steroid dienone is 2. The zero-order valence-corrected chi connectivity index (χ0v) is 23.3. The van der Waals surface area contributed by atoms with Crippen LogP contribution in [0.4, 0.5) is 0 Å². The molecule has 1 amide bonds. The van der Waals surface area contributed by atoms with Gasteiger partial charge in [0.2, 0.25) is 0 Å². The summed E-state index contributed by atoms with van der Waals surface area (Å²) < 4.78 is 0. The van der Waals surface area contributed by atoms with E-state index in [1.807, 2.05) is 0 Å². The average Bonchev–Trinajstić information content (AvgIpc) is 3.22. The van der Waals surface area contributed by atoms with Crippen molar-refractivity contribution in [1.29, 1.82) is 0 Å². The highest BCUT2D eigenvalue weighted by Crippen LogP contribution is 2.67. The van der Waals surface area contributed by atoms with Crippen LogP contribution in [0.1, 0.15) is 76.9 Å². The molecule has 8 nitrogen and oxygen atoms in total. The predicted molar refractivity (Wildman–Crippen MR) is 150 cm³/mol. The predicted octanol–water partition coefficient (Wildman–Crippen LogP) is 3.99. The number of oxime groups is 1. The van der Waals surface area contributed by atoms with Gasteiger partial charge in [-0.05, 0) is 86.2 Å². The van der Waals surface area contributed by atoms with Gasteiger partial charge in [0.1, 0.15) is 11.7 Å². The van der Waals surface area contributed by atoms with Gasteiger partial charge in [-0.15, -0.1) is 6.42 Å². The highest BCUT2D eigenvalue weighted by molar-refractivity contribution is 5.96. The van der Waals surface area contributed by atoms with Crippen molar-refractivity contribution in [3.05, 3.63) is 47.5 Å². The van der Waals surface area contributed by atoms with Crippen molar-refractivity contribution in [2.24, 2.45) is 33.7 Å². The third-order valence-electron chi connectivity index (χ3n) is 10.8. The molecule has 0 aromatic heterocycles. The molecule has 0 unspecified atom stereocenters. The number of aliphatic hydroxyl groups is 2. The molecule has 0 bridgehead atoms. The molecule has 1 aromatic carbocycles. The fraction of sp³-hybridized carbons (Fsp3) is 0.594. The molecule has 1 aromatic rings. The fourth-order valence-electron chi connectivity index (χ4n) is 8.40. The summed E-state index contributed by atoms with van der Waals surface area (Å²) in [6.07, 6.45) is 13.9. The number of carbonyl (C=O) groups is 2. The topological polar surface area (TPSA) is 128 Å². The van der Waals surface area contributed by atoms with E-state index in [4.69, 9.17) is 11.3 Å². The van der Waals surface area contributed by atoms with Crippen LogP contribution in [0.25, 0.3) is 0 Å². The van der Waals surface area contributed by atoms with E-state index >= 15 is 0 Å². The van der Waals surface area contributed by atoms with Crippen LogP contribution in [0.3, 0.4) is 0 Å². The number of nitrogens with one attached hydrogen (secondary N) is 1. The molecule has 214 valence electrons. The number of fused-ring (bicyclic) bond motifs is 5. The minimum absolute atomic E-state index is 0.0692. The SMILES string of the molecule is C#C[C@]1(O)CC[C@@H]2[C@H]3CCC4=CC(=NOCC(=O)N[C@@H](C(=O)O)[C@@H](O)c5ccccc5)CC[C@]4(C)[C@H]3CC[C@]21C. The van der Waals surface area contributed by atoms with E-state index in [1.54, 1.807) is 30.3 Å². The summed E-state index contributed by atoms with van der Waals surface area (Å²) in [6, 6.07) is 6.83. The van der Waals surface area contributed by atoms with Gasteiger partial charge >= 0.3 is 5.97 Å². The van der Waals surface area contributed by atoms with Gasteiger partial charge in [-0.25, -0.2) is 4.79 Å². The van der Waals surface area contributed by atoms with Crippen LogP contribution in [0.2, 0.25) is 0 Å². The van der Waals surface area contributed by atoms with Crippen molar-refractivity contribution in [2.45, 2.75) is 83.0 Å². The summed E-state index contributed by atoms with van der Waals surface area (Å²) in [5.41, 5.74) is 1.40. The highest BCUT2D eigenvalue weighted by atomic mass is 16.6. The second-order valence-electron chi connectivity index (χ2n) is 12.6. The minimum atomic E-state index is -1.51. The van der Waals surface area contributed by atoms with E-state index < -0.39 is 36.2 Å². The van der Waals surface area contributed by atoms with Crippen molar-refractivity contribution in [3.63, 3.8) is 0 Å². The first kappa shape index (κ1) is 28.4. The van der Waals surface area contributed by atoms with Crippen molar-refractivity contribution in [3.8, 4) is 12.3 Å². The van der Waals surface area contributed by atoms with Crippen LogP contribution in [0.5, 0.6) is 0 Å². The molecular formula is C32H40N2O6. The summed E-state index contributed by atoms with van der Waals surface area (Å²) in [4.78, 5) is 29.5. The lowest BCUT2D eigenvalue weighted by atomic mass is 9.46. The molecule has 5 rings (SSSR count). The second kappa shape index (κ2) is 10.7. The minimum Gasteiger partial charge on any atom is -0.480 e. The van der Waals surface area contributed by atoms with Crippen LogP contribution < -0.4 is 5.32 Å². The summed E-state index contributed by atoms with van der Waals surface area (Å²) in [5, 5.41) is 37.7. The molecule has 0 spiro atoms. The molecule has 0 saturated heterocycles. The number of aliphatic carboxylic acids is 1. The quantitative estimate of drug-likeness (QED) is 0.301. The Bertz CT molecular complexity index is 1250. The molecule has 0 radical (unpaired) electrons. The standard InChI is InChI=1S/C32H40N2O6/c1-4-32(39)17-14-25-23-11-10-21-18-22(12-15-30(21,2)24(23)13-16-31(25,32)3)34-40-19-26(35)33-27(29(37)38)28(36)20-8-6-5-7-9-20/h1,5-9,18,23-25,27-28,36,39H,10-17,19H2,2-3H3,(H,33,35)(H,37,38)/t23-,24-,25+,27+,28-,30-,31+,32-/m0/s1. The number of carboxylic acid groups (broad SMARTS) is 1. The van der Waals surface area contributed by atoms with Gasteiger partial charge < -0.3 is 25.5 Å². The van der Waals surface area contributed by atoms with Crippen LogP contribution in [-0.4, -0.2) is 51.2 Å². The number of carboxylic acids is 1. The molecular weight excluding hydrogens is 508 g/mol. The maximum absolute atomic E-state index is 12.4. The molecule has 0 heterocycles. The van der Waals surface area contributed by atoms with E-state index in [1.165, 1.54) is 5.57 Å². The normalized spacial score (nSPS) is 37.1. The Morgan fingerprint density at radius 3 is 2.55 bits per heavy atom. The highest BCUT2D eigenvalue weighted by Gasteiger charge is 2.63. The van der Waals surface area contributed by atoms with Crippen LogP contribution in [-0.2, 0) is 14.4 Å². The average molecular weight is 549 g/mol. The number of hydrogen-bond acceptors (Lipinski definition) is 6.